The first-order valence-electron chi connectivity index (χ1n) is 6.77. The van der Waals surface area contributed by atoms with Gasteiger partial charge in [-0.2, -0.15) is 5.26 Å². The number of ether oxygens (including phenoxy) is 1. The molecule has 1 atom stereocenters. The molecular weight excluding hydrogens is 222 g/mol. The largest absolute Gasteiger partial charge is 0.492 e. The average molecular weight is 243 g/mol. The first-order chi connectivity index (χ1) is 8.65. The maximum absolute atomic E-state index is 9.50. The van der Waals surface area contributed by atoms with E-state index < -0.39 is 0 Å². The monoisotopic (exact) mass is 243 g/mol. The minimum Gasteiger partial charge on any atom is -0.492 e. The van der Waals surface area contributed by atoms with Crippen LogP contribution in [0.2, 0.25) is 0 Å². The minimum absolute atomic E-state index is 0.316. The van der Waals surface area contributed by atoms with E-state index in [9.17, 15) is 5.26 Å². The van der Waals surface area contributed by atoms with Crippen LogP contribution in [0.15, 0.2) is 24.3 Å². The van der Waals surface area contributed by atoms with Crippen LogP contribution < -0.4 is 4.74 Å². The van der Waals surface area contributed by atoms with Crippen molar-refractivity contribution in [2.75, 3.05) is 6.61 Å². The summed E-state index contributed by atoms with van der Waals surface area (Å²) in [6.07, 6.45) is 4.07. The van der Waals surface area contributed by atoms with Crippen LogP contribution in [0.25, 0.3) is 0 Å². The van der Waals surface area contributed by atoms with Crippen molar-refractivity contribution in [3.63, 3.8) is 0 Å². The van der Waals surface area contributed by atoms with Crippen molar-refractivity contribution in [1.82, 2.24) is 0 Å². The first kappa shape index (κ1) is 13.0. The predicted molar refractivity (Wildman–Crippen MR) is 72.4 cm³/mol. The second kappa shape index (κ2) is 5.44. The Morgan fingerprint density at radius 3 is 2.89 bits per heavy atom. The number of nitrogens with zero attached hydrogens (tertiary/aromatic N) is 1. The molecule has 2 nitrogen and oxygen atoms in total. The van der Waals surface area contributed by atoms with Gasteiger partial charge in [0.05, 0.1) is 11.5 Å². The molecule has 0 N–H and O–H groups in total. The lowest BCUT2D eigenvalue weighted by Gasteiger charge is -2.32. The second-order valence-electron chi connectivity index (χ2n) is 5.75. The van der Waals surface area contributed by atoms with Gasteiger partial charge in [-0.1, -0.05) is 44.9 Å². The molecular formula is C16H21NO. The maximum atomic E-state index is 9.50. The van der Waals surface area contributed by atoms with Crippen LogP contribution in [0.3, 0.4) is 0 Å². The third-order valence-corrected chi connectivity index (χ3v) is 3.68. The summed E-state index contributed by atoms with van der Waals surface area (Å²) < 4.78 is 5.77. The summed E-state index contributed by atoms with van der Waals surface area (Å²) in [5.74, 6) is 1.66. The van der Waals surface area contributed by atoms with Crippen LogP contribution in [0.5, 0.6) is 5.75 Å². The van der Waals surface area contributed by atoms with Crippen molar-refractivity contribution < 1.29 is 4.74 Å². The Labute approximate surface area is 110 Å². The van der Waals surface area contributed by atoms with Crippen molar-refractivity contribution in [2.45, 2.75) is 39.5 Å². The van der Waals surface area contributed by atoms with Gasteiger partial charge in [0.2, 0.25) is 0 Å². The number of hydrogen-bond acceptors (Lipinski definition) is 2. The summed E-state index contributed by atoms with van der Waals surface area (Å²) in [4.78, 5) is 0. The van der Waals surface area contributed by atoms with Crippen LogP contribution in [-0.4, -0.2) is 6.61 Å². The Morgan fingerprint density at radius 2 is 2.17 bits per heavy atom. The molecule has 2 rings (SSSR count). The van der Waals surface area contributed by atoms with Crippen LogP contribution in [0.1, 0.15) is 38.7 Å². The number of benzene rings is 1. The van der Waals surface area contributed by atoms with Gasteiger partial charge in [-0.05, 0) is 30.4 Å². The highest BCUT2D eigenvalue weighted by atomic mass is 16.5. The van der Waals surface area contributed by atoms with Crippen LogP contribution in [0, 0.1) is 22.7 Å². The molecule has 0 radical (unpaired) electrons. The van der Waals surface area contributed by atoms with E-state index in [2.05, 4.69) is 26.0 Å². The SMILES string of the molecule is CC(C)CCCC1(C#N)COc2ccccc2C1. The van der Waals surface area contributed by atoms with Crippen molar-refractivity contribution in [3.05, 3.63) is 29.8 Å². The van der Waals surface area contributed by atoms with Crippen LogP contribution >= 0.6 is 0 Å². The first-order valence-corrected chi connectivity index (χ1v) is 6.77. The highest BCUT2D eigenvalue weighted by molar-refractivity contribution is 5.37. The van der Waals surface area contributed by atoms with E-state index in [0.29, 0.717) is 12.5 Å². The number of rotatable bonds is 4. The molecule has 0 aliphatic carbocycles. The lowest BCUT2D eigenvalue weighted by atomic mass is 9.77. The van der Waals surface area contributed by atoms with E-state index >= 15 is 0 Å². The zero-order valence-corrected chi connectivity index (χ0v) is 11.3. The topological polar surface area (TPSA) is 33.0 Å². The van der Waals surface area contributed by atoms with E-state index in [-0.39, 0.29) is 5.41 Å². The lowest BCUT2D eigenvalue weighted by Crippen LogP contribution is -2.33. The number of hydrogen-bond donors (Lipinski definition) is 0. The van der Waals surface area contributed by atoms with Gasteiger partial charge in [-0.15, -0.1) is 0 Å². The molecule has 1 aromatic carbocycles. The summed E-state index contributed by atoms with van der Waals surface area (Å²) in [7, 11) is 0. The fourth-order valence-electron chi connectivity index (χ4n) is 2.56. The quantitative estimate of drug-likeness (QED) is 0.802. The van der Waals surface area contributed by atoms with Crippen molar-refractivity contribution >= 4 is 0 Å². The number of fused-ring (bicyclic) bond motifs is 1. The van der Waals surface area contributed by atoms with Crippen LogP contribution in [0.4, 0.5) is 0 Å². The molecule has 0 fully saturated rings. The molecule has 0 saturated heterocycles. The lowest BCUT2D eigenvalue weighted by molar-refractivity contribution is 0.156. The van der Waals surface area contributed by atoms with Gasteiger partial charge in [0.15, 0.2) is 0 Å². The molecule has 18 heavy (non-hydrogen) atoms. The molecule has 1 unspecified atom stereocenters. The Kier molecular flexibility index (Phi) is 3.91. The normalized spacial score (nSPS) is 22.1. The summed E-state index contributed by atoms with van der Waals surface area (Å²) in [5, 5.41) is 9.50. The van der Waals surface area contributed by atoms with Gasteiger partial charge in [0.1, 0.15) is 12.4 Å². The third-order valence-electron chi connectivity index (χ3n) is 3.68. The summed E-state index contributed by atoms with van der Waals surface area (Å²) in [5.41, 5.74) is 0.860. The van der Waals surface area contributed by atoms with Crippen LogP contribution in [-0.2, 0) is 6.42 Å². The second-order valence-corrected chi connectivity index (χ2v) is 5.75. The van der Waals surface area contributed by atoms with Gasteiger partial charge >= 0.3 is 0 Å². The standard InChI is InChI=1S/C16H21NO/c1-13(2)6-5-9-16(11-17)10-14-7-3-4-8-15(14)18-12-16/h3-4,7-8,13H,5-6,9-10,12H2,1-2H3. The summed E-state index contributed by atoms with van der Waals surface area (Å²) in [6, 6.07) is 10.6. The molecule has 0 spiro atoms. The maximum Gasteiger partial charge on any atom is 0.122 e. The van der Waals surface area contributed by atoms with E-state index in [0.717, 1.165) is 25.0 Å². The fraction of sp³-hybridized carbons (Fsp3) is 0.562. The third kappa shape index (κ3) is 2.85. The Morgan fingerprint density at radius 1 is 1.39 bits per heavy atom. The van der Waals surface area contributed by atoms with E-state index in [1.165, 1.54) is 12.0 Å². The van der Waals surface area contributed by atoms with Crippen molar-refractivity contribution in [2.24, 2.45) is 11.3 Å². The Bertz CT molecular complexity index is 447. The van der Waals surface area contributed by atoms with Gasteiger partial charge in [-0.3, -0.25) is 0 Å². The molecule has 1 aliphatic heterocycles. The Hall–Kier alpha value is -1.49. The van der Waals surface area contributed by atoms with Crippen molar-refractivity contribution in [3.8, 4) is 11.8 Å². The van der Waals surface area contributed by atoms with E-state index in [4.69, 9.17) is 4.74 Å². The molecule has 96 valence electrons. The summed E-state index contributed by atoms with van der Waals surface area (Å²) in [6.45, 7) is 5.00. The van der Waals surface area contributed by atoms with Gasteiger partial charge in [0.25, 0.3) is 0 Å². The fourth-order valence-corrected chi connectivity index (χ4v) is 2.56. The van der Waals surface area contributed by atoms with Gasteiger partial charge in [0, 0.05) is 0 Å². The van der Waals surface area contributed by atoms with E-state index in [1.807, 2.05) is 18.2 Å². The molecule has 0 amide bonds. The summed E-state index contributed by atoms with van der Waals surface area (Å²) >= 11 is 0. The molecule has 0 aromatic heterocycles. The molecule has 2 heteroatoms. The van der Waals surface area contributed by atoms with Gasteiger partial charge < -0.3 is 4.74 Å². The zero-order valence-electron chi connectivity index (χ0n) is 11.3. The smallest absolute Gasteiger partial charge is 0.122 e. The van der Waals surface area contributed by atoms with Crippen molar-refractivity contribution in [1.29, 1.82) is 5.26 Å². The predicted octanol–water partition coefficient (Wildman–Crippen LogP) is 3.96. The minimum atomic E-state index is -0.316. The highest BCUT2D eigenvalue weighted by Gasteiger charge is 2.35. The zero-order chi connectivity index (χ0) is 13.0. The highest BCUT2D eigenvalue weighted by Crippen LogP contribution is 2.37. The number of para-hydroxylation sites is 1. The molecule has 1 aliphatic rings. The molecule has 1 heterocycles. The molecule has 1 aromatic rings. The molecule has 0 saturated carbocycles. The average Bonchev–Trinajstić information content (AvgIpc) is 2.38. The Balaban J connectivity index is 2.05. The van der Waals surface area contributed by atoms with Gasteiger partial charge in [-0.25, -0.2) is 0 Å². The molecule has 0 bridgehead atoms. The number of nitriles is 1. The van der Waals surface area contributed by atoms with E-state index in [1.54, 1.807) is 0 Å².